The number of carbonyl (C=O) groups excluding carboxylic acids is 3. The summed E-state index contributed by atoms with van der Waals surface area (Å²) in [5.74, 6) is -2.34. The Morgan fingerprint density at radius 1 is 1.00 bits per heavy atom. The summed E-state index contributed by atoms with van der Waals surface area (Å²) in [6.07, 6.45) is -19.9. The average molecular weight is 545 g/mol. The van der Waals surface area contributed by atoms with Crippen LogP contribution in [0.4, 0.5) is 4.79 Å². The lowest BCUT2D eigenvalue weighted by Crippen LogP contribution is -2.62. The highest BCUT2D eigenvalue weighted by Gasteiger charge is 2.47. The zero-order valence-corrected chi connectivity index (χ0v) is 20.4. The van der Waals surface area contributed by atoms with Crippen LogP contribution in [-0.2, 0) is 33.3 Å². The first-order valence-corrected chi connectivity index (χ1v) is 11.2. The van der Waals surface area contributed by atoms with Crippen LogP contribution in [0.1, 0.15) is 13.8 Å². The van der Waals surface area contributed by atoms with Crippen molar-refractivity contribution in [2.75, 3.05) is 33.4 Å². The number of likely N-dealkylation sites (N-methyl/N-ethyl adjacent to an activating group) is 1. The first kappa shape index (κ1) is 32.8. The van der Waals surface area contributed by atoms with Gasteiger partial charge in [-0.3, -0.25) is 9.59 Å². The molecule has 10 atom stereocenters. The first-order chi connectivity index (χ1) is 17.3. The Morgan fingerprint density at radius 3 is 2.16 bits per heavy atom. The van der Waals surface area contributed by atoms with Crippen LogP contribution in [-0.4, -0.2) is 159 Å². The molecule has 0 aromatic carbocycles. The smallest absolute Gasteiger partial charge is 0.435 e. The third-order valence-electron chi connectivity index (χ3n) is 5.18. The van der Waals surface area contributed by atoms with Gasteiger partial charge in [0.15, 0.2) is 12.4 Å². The molecule has 1 saturated heterocycles. The van der Waals surface area contributed by atoms with E-state index in [-0.39, 0.29) is 6.61 Å². The van der Waals surface area contributed by atoms with Crippen LogP contribution in [0.15, 0.2) is 0 Å². The molecule has 0 spiro atoms. The Labute approximate surface area is 211 Å². The molecular formula is C20H35NO16. The highest BCUT2D eigenvalue weighted by Crippen LogP contribution is 2.25. The molecule has 17 heteroatoms. The van der Waals surface area contributed by atoms with Crippen molar-refractivity contribution in [3.05, 3.63) is 0 Å². The molecule has 1 aliphatic rings. The van der Waals surface area contributed by atoms with E-state index in [4.69, 9.17) is 14.2 Å². The number of amides is 1. The van der Waals surface area contributed by atoms with Crippen LogP contribution in [0.2, 0.25) is 0 Å². The number of hydrogen-bond acceptors (Lipinski definition) is 16. The van der Waals surface area contributed by atoms with Gasteiger partial charge in [-0.25, -0.2) is 4.79 Å². The molecule has 1 fully saturated rings. The monoisotopic (exact) mass is 545 g/mol. The van der Waals surface area contributed by atoms with Crippen LogP contribution in [0.3, 0.4) is 0 Å². The van der Waals surface area contributed by atoms with Crippen LogP contribution < -0.4 is 0 Å². The van der Waals surface area contributed by atoms with Crippen LogP contribution in [0.5, 0.6) is 0 Å². The van der Waals surface area contributed by atoms with E-state index >= 15 is 0 Å². The van der Waals surface area contributed by atoms with Gasteiger partial charge in [0.1, 0.15) is 49.3 Å². The standard InChI is InChI=1S/C20H35NO16/c1-4-33-20(32)35-8(2)34-11(25)5-21(3)18(31)15(29)14(28)17(9(24)6-22)37-19-16(30)13(27)12(26)10(7-23)36-19/h8-10,12-17,19,22-24,26-30H,4-7H2,1-3H3. The lowest BCUT2D eigenvalue weighted by atomic mass is 9.98. The van der Waals surface area contributed by atoms with E-state index in [0.717, 1.165) is 7.05 Å². The fraction of sp³-hybridized carbons (Fsp3) is 0.850. The van der Waals surface area contributed by atoms with Crippen LogP contribution >= 0.6 is 0 Å². The number of rotatable bonds is 13. The van der Waals surface area contributed by atoms with Crippen LogP contribution in [0, 0.1) is 0 Å². The summed E-state index contributed by atoms with van der Waals surface area (Å²) >= 11 is 0. The minimum absolute atomic E-state index is 0.0169. The van der Waals surface area contributed by atoms with Crippen molar-refractivity contribution in [3.8, 4) is 0 Å². The van der Waals surface area contributed by atoms with Gasteiger partial charge in [-0.15, -0.1) is 0 Å². The molecule has 1 rings (SSSR count). The van der Waals surface area contributed by atoms with Crippen molar-refractivity contribution in [3.63, 3.8) is 0 Å². The SMILES string of the molecule is CCOC(=O)OC(C)OC(=O)CN(C)C(=O)C(O)C(O)C(OC1OC(CO)C(O)C(O)C1O)C(O)CO. The molecule has 0 aliphatic carbocycles. The molecule has 1 heterocycles. The number of carbonyl (C=O) groups is 3. The van der Waals surface area contributed by atoms with E-state index in [1.165, 1.54) is 13.8 Å². The molecule has 0 aromatic rings. The van der Waals surface area contributed by atoms with Gasteiger partial charge in [-0.1, -0.05) is 0 Å². The molecule has 216 valence electrons. The quantitative estimate of drug-likeness (QED) is 0.0793. The molecule has 1 aliphatic heterocycles. The second-order valence-electron chi connectivity index (χ2n) is 8.04. The van der Waals surface area contributed by atoms with E-state index in [1.807, 2.05) is 0 Å². The van der Waals surface area contributed by atoms with Crippen LogP contribution in [0.25, 0.3) is 0 Å². The maximum atomic E-state index is 12.6. The van der Waals surface area contributed by atoms with Gasteiger partial charge < -0.3 is 69.4 Å². The Balaban J connectivity index is 2.84. The number of nitrogens with zero attached hydrogens (tertiary/aromatic N) is 1. The molecule has 0 aromatic heterocycles. The normalized spacial score (nSPS) is 27.8. The number of esters is 1. The summed E-state index contributed by atoms with van der Waals surface area (Å²) in [4.78, 5) is 36.4. The second-order valence-corrected chi connectivity index (χ2v) is 8.04. The predicted octanol–water partition coefficient (Wildman–Crippen LogP) is -5.23. The lowest BCUT2D eigenvalue weighted by molar-refractivity contribution is -0.326. The largest absolute Gasteiger partial charge is 0.511 e. The van der Waals surface area contributed by atoms with Gasteiger partial charge in [0.05, 0.1) is 19.8 Å². The topological polar surface area (TPSA) is 262 Å². The van der Waals surface area contributed by atoms with Gasteiger partial charge in [0, 0.05) is 14.0 Å². The highest BCUT2D eigenvalue weighted by atomic mass is 16.8. The third-order valence-corrected chi connectivity index (χ3v) is 5.18. The molecule has 0 radical (unpaired) electrons. The molecule has 10 unspecified atom stereocenters. The fourth-order valence-corrected chi connectivity index (χ4v) is 3.19. The maximum absolute atomic E-state index is 12.6. The van der Waals surface area contributed by atoms with E-state index < -0.39 is 99.2 Å². The van der Waals surface area contributed by atoms with Gasteiger partial charge in [-0.2, -0.15) is 0 Å². The number of aliphatic hydroxyl groups is 8. The number of aliphatic hydroxyl groups excluding tert-OH is 8. The van der Waals surface area contributed by atoms with Crippen molar-refractivity contribution >= 4 is 18.0 Å². The zero-order chi connectivity index (χ0) is 28.4. The van der Waals surface area contributed by atoms with Gasteiger partial charge >= 0.3 is 12.1 Å². The van der Waals surface area contributed by atoms with Crippen molar-refractivity contribution in [2.24, 2.45) is 0 Å². The number of hydrogen-bond donors (Lipinski definition) is 8. The summed E-state index contributed by atoms with van der Waals surface area (Å²) in [6, 6.07) is 0. The van der Waals surface area contributed by atoms with Gasteiger partial charge in [0.25, 0.3) is 5.91 Å². The Hall–Kier alpha value is -2.19. The maximum Gasteiger partial charge on any atom is 0.511 e. The van der Waals surface area contributed by atoms with E-state index in [1.54, 1.807) is 0 Å². The van der Waals surface area contributed by atoms with E-state index in [0.29, 0.717) is 4.90 Å². The summed E-state index contributed by atoms with van der Waals surface area (Å²) in [5, 5.41) is 79.3. The summed E-state index contributed by atoms with van der Waals surface area (Å²) in [7, 11) is 1.05. The lowest BCUT2D eigenvalue weighted by Gasteiger charge is -2.42. The Bertz CT molecular complexity index is 737. The predicted molar refractivity (Wildman–Crippen MR) is 115 cm³/mol. The molecule has 37 heavy (non-hydrogen) atoms. The van der Waals surface area contributed by atoms with Gasteiger partial charge in [0.2, 0.25) is 6.29 Å². The molecule has 0 bridgehead atoms. The Morgan fingerprint density at radius 2 is 1.62 bits per heavy atom. The average Bonchev–Trinajstić information content (AvgIpc) is 2.84. The van der Waals surface area contributed by atoms with Crippen molar-refractivity contribution in [2.45, 2.75) is 75.3 Å². The van der Waals surface area contributed by atoms with Crippen molar-refractivity contribution < 1.29 is 78.9 Å². The van der Waals surface area contributed by atoms with Crippen molar-refractivity contribution in [1.29, 1.82) is 0 Å². The second kappa shape index (κ2) is 15.3. The van der Waals surface area contributed by atoms with Gasteiger partial charge in [-0.05, 0) is 6.92 Å². The minimum atomic E-state index is -2.36. The molecule has 17 nitrogen and oxygen atoms in total. The van der Waals surface area contributed by atoms with Crippen molar-refractivity contribution in [1.82, 2.24) is 4.90 Å². The summed E-state index contributed by atoms with van der Waals surface area (Å²) < 4.78 is 24.2. The summed E-state index contributed by atoms with van der Waals surface area (Å²) in [6.45, 7) is 0.0966. The zero-order valence-electron chi connectivity index (χ0n) is 20.4. The molecule has 8 N–H and O–H groups in total. The number of ether oxygens (including phenoxy) is 5. The molecule has 1 amide bonds. The fourth-order valence-electron chi connectivity index (χ4n) is 3.19. The molecule has 0 saturated carbocycles. The highest BCUT2D eigenvalue weighted by molar-refractivity contribution is 5.85. The molecular weight excluding hydrogens is 510 g/mol. The Kier molecular flexibility index (Phi) is 13.6. The minimum Gasteiger partial charge on any atom is -0.435 e. The third kappa shape index (κ3) is 9.25. The van der Waals surface area contributed by atoms with E-state index in [2.05, 4.69) is 9.47 Å². The first-order valence-electron chi connectivity index (χ1n) is 11.2. The van der Waals surface area contributed by atoms with E-state index in [9.17, 15) is 55.2 Å². The summed E-state index contributed by atoms with van der Waals surface area (Å²) in [5.41, 5.74) is 0.